The maximum atomic E-state index is 9.37. The van der Waals surface area contributed by atoms with Gasteiger partial charge >= 0.3 is 0 Å². The highest BCUT2D eigenvalue weighted by molar-refractivity contribution is 4.99. The van der Waals surface area contributed by atoms with E-state index < -0.39 is 36.9 Å². The van der Waals surface area contributed by atoms with Gasteiger partial charge in [0.15, 0.2) is 12.0 Å². The molecule has 0 aromatic carbocycles. The summed E-state index contributed by atoms with van der Waals surface area (Å²) in [4.78, 5) is 0. The van der Waals surface area contributed by atoms with E-state index in [0.717, 1.165) is 0 Å². The topological polar surface area (TPSA) is 136 Å². The Kier molecular flexibility index (Phi) is 2.88. The predicted molar refractivity (Wildman–Crippen MR) is 39.1 cm³/mol. The summed E-state index contributed by atoms with van der Waals surface area (Å²) in [6.45, 7) is -0.691. The van der Waals surface area contributed by atoms with E-state index in [-0.39, 0.29) is 0 Å². The fourth-order valence-corrected chi connectivity index (χ4v) is 1.22. The van der Waals surface area contributed by atoms with Crippen LogP contribution in [0.25, 0.3) is 0 Å². The summed E-state index contributed by atoms with van der Waals surface area (Å²) in [6.07, 6.45) is -6.25. The van der Waals surface area contributed by atoms with Crippen LogP contribution in [0, 0.1) is 0 Å². The number of aliphatic hydroxyl groups is 5. The molecule has 78 valence electrons. The maximum Gasteiger partial charge on any atom is 0.185 e. The zero-order chi connectivity index (χ0) is 10.2. The van der Waals surface area contributed by atoms with Gasteiger partial charge in [0.25, 0.3) is 0 Å². The molecular formula is C6H13NO6. The van der Waals surface area contributed by atoms with Gasteiger partial charge in [-0.15, -0.1) is 0 Å². The number of hydrogen-bond donors (Lipinski definition) is 6. The van der Waals surface area contributed by atoms with E-state index in [9.17, 15) is 5.11 Å². The smallest absolute Gasteiger partial charge is 0.185 e. The van der Waals surface area contributed by atoms with Crippen molar-refractivity contribution in [2.45, 2.75) is 30.3 Å². The average Bonchev–Trinajstić information content (AvgIpc) is 2.28. The Hall–Kier alpha value is -0.280. The molecule has 0 saturated carbocycles. The maximum absolute atomic E-state index is 9.37. The lowest BCUT2D eigenvalue weighted by Crippen LogP contribution is -2.59. The van der Waals surface area contributed by atoms with Gasteiger partial charge in [0.1, 0.15) is 18.3 Å². The third-order valence-corrected chi connectivity index (χ3v) is 2.02. The number of ether oxygens (including phenoxy) is 1. The summed E-state index contributed by atoms with van der Waals surface area (Å²) in [7, 11) is 0. The van der Waals surface area contributed by atoms with Gasteiger partial charge in [0, 0.05) is 0 Å². The quantitative estimate of drug-likeness (QED) is 0.247. The van der Waals surface area contributed by atoms with Crippen LogP contribution in [0.4, 0.5) is 0 Å². The molecule has 0 aromatic heterocycles. The minimum absolute atomic E-state index is 0.691. The number of hydrogen-bond acceptors (Lipinski definition) is 7. The minimum Gasteiger partial charge on any atom is -0.394 e. The highest BCUT2D eigenvalue weighted by Crippen LogP contribution is 2.27. The fourth-order valence-electron chi connectivity index (χ4n) is 1.22. The number of rotatable bonds is 2. The zero-order valence-corrected chi connectivity index (χ0v) is 6.74. The Morgan fingerprint density at radius 1 is 1.46 bits per heavy atom. The molecule has 0 radical (unpaired) electrons. The SMILES string of the molecule is N[C@]1(O)[C@@H]([C@H](O)CO)O[C@H](O)[C@@H]1O. The van der Waals surface area contributed by atoms with Gasteiger partial charge in [-0.2, -0.15) is 0 Å². The molecule has 1 rings (SSSR count). The molecule has 0 spiro atoms. The van der Waals surface area contributed by atoms with Crippen molar-refractivity contribution in [3.8, 4) is 0 Å². The lowest BCUT2D eigenvalue weighted by Gasteiger charge is -2.28. The molecule has 7 N–H and O–H groups in total. The minimum atomic E-state index is -2.26. The molecule has 0 bridgehead atoms. The van der Waals surface area contributed by atoms with Crippen LogP contribution < -0.4 is 5.73 Å². The first-order valence-corrected chi connectivity index (χ1v) is 3.73. The second-order valence-electron chi connectivity index (χ2n) is 3.03. The van der Waals surface area contributed by atoms with Gasteiger partial charge in [-0.05, 0) is 0 Å². The van der Waals surface area contributed by atoms with Crippen molar-refractivity contribution < 1.29 is 30.3 Å². The van der Waals surface area contributed by atoms with E-state index >= 15 is 0 Å². The van der Waals surface area contributed by atoms with E-state index in [2.05, 4.69) is 4.74 Å². The van der Waals surface area contributed by atoms with Crippen LogP contribution in [0.5, 0.6) is 0 Å². The Labute approximate surface area is 74.0 Å². The van der Waals surface area contributed by atoms with E-state index in [0.29, 0.717) is 0 Å². The summed E-state index contributed by atoms with van der Waals surface area (Å²) in [5, 5.41) is 45.0. The highest BCUT2D eigenvalue weighted by Gasteiger charge is 2.55. The summed E-state index contributed by atoms with van der Waals surface area (Å²) in [5.41, 5.74) is 2.92. The molecule has 0 unspecified atom stereocenters. The van der Waals surface area contributed by atoms with Crippen LogP contribution in [0.2, 0.25) is 0 Å². The van der Waals surface area contributed by atoms with Crippen LogP contribution in [0.15, 0.2) is 0 Å². The molecule has 7 heteroatoms. The van der Waals surface area contributed by atoms with Gasteiger partial charge in [-0.25, -0.2) is 0 Å². The van der Waals surface area contributed by atoms with Crippen LogP contribution in [-0.4, -0.2) is 62.5 Å². The summed E-state index contributed by atoms with van der Waals surface area (Å²) < 4.78 is 4.56. The van der Waals surface area contributed by atoms with Crippen molar-refractivity contribution in [1.82, 2.24) is 0 Å². The van der Waals surface area contributed by atoms with Gasteiger partial charge in [0.05, 0.1) is 6.61 Å². The Morgan fingerprint density at radius 2 is 2.00 bits per heavy atom. The van der Waals surface area contributed by atoms with Crippen LogP contribution in [0.3, 0.4) is 0 Å². The van der Waals surface area contributed by atoms with Gasteiger partial charge in [-0.1, -0.05) is 0 Å². The number of nitrogens with two attached hydrogens (primary N) is 1. The second-order valence-corrected chi connectivity index (χ2v) is 3.03. The third-order valence-electron chi connectivity index (χ3n) is 2.02. The summed E-state index contributed by atoms with van der Waals surface area (Å²) >= 11 is 0. The second kappa shape index (κ2) is 3.46. The fraction of sp³-hybridized carbons (Fsp3) is 1.00. The Morgan fingerprint density at radius 3 is 2.31 bits per heavy atom. The molecule has 1 aliphatic heterocycles. The Balaban J connectivity index is 2.77. The van der Waals surface area contributed by atoms with E-state index in [1.807, 2.05) is 0 Å². The largest absolute Gasteiger partial charge is 0.394 e. The molecule has 1 aliphatic rings. The van der Waals surface area contributed by atoms with E-state index in [1.54, 1.807) is 0 Å². The van der Waals surface area contributed by atoms with Crippen LogP contribution >= 0.6 is 0 Å². The van der Waals surface area contributed by atoms with Crippen molar-refractivity contribution in [2.75, 3.05) is 6.61 Å². The molecule has 1 saturated heterocycles. The normalized spacial score (nSPS) is 48.0. The molecule has 7 nitrogen and oxygen atoms in total. The molecular weight excluding hydrogens is 182 g/mol. The lowest BCUT2D eigenvalue weighted by molar-refractivity contribution is -0.154. The zero-order valence-electron chi connectivity index (χ0n) is 6.74. The summed E-state index contributed by atoms with van der Waals surface area (Å²) in [5.74, 6) is 0. The molecule has 0 amide bonds. The first-order valence-electron chi connectivity index (χ1n) is 3.73. The molecule has 13 heavy (non-hydrogen) atoms. The third kappa shape index (κ3) is 1.67. The first kappa shape index (κ1) is 10.8. The molecule has 0 aromatic rings. The first-order chi connectivity index (χ1) is 5.91. The van der Waals surface area contributed by atoms with E-state index in [1.165, 1.54) is 0 Å². The molecule has 5 atom stereocenters. The standard InChI is InChI=1S/C6H13NO6/c7-6(12)3(10)5(11)13-4(6)2(9)1-8/h2-5,8-12H,1,7H2/t2-,3+,4-,5+,6-/m1/s1. The summed E-state index contributed by atoms with van der Waals surface area (Å²) in [6, 6.07) is 0. The highest BCUT2D eigenvalue weighted by atomic mass is 16.7. The Bertz CT molecular complexity index is 186. The average molecular weight is 195 g/mol. The number of aliphatic hydroxyl groups excluding tert-OH is 4. The monoisotopic (exact) mass is 195 g/mol. The van der Waals surface area contributed by atoms with E-state index in [4.69, 9.17) is 26.2 Å². The van der Waals surface area contributed by atoms with Gasteiger partial charge < -0.3 is 30.3 Å². The predicted octanol–water partition coefficient (Wildman–Crippen LogP) is -3.94. The van der Waals surface area contributed by atoms with Crippen molar-refractivity contribution in [3.63, 3.8) is 0 Å². The molecule has 1 heterocycles. The van der Waals surface area contributed by atoms with Gasteiger partial charge in [-0.3, -0.25) is 5.73 Å². The molecule has 1 fully saturated rings. The van der Waals surface area contributed by atoms with Crippen molar-refractivity contribution in [3.05, 3.63) is 0 Å². The van der Waals surface area contributed by atoms with Crippen molar-refractivity contribution in [2.24, 2.45) is 5.73 Å². The van der Waals surface area contributed by atoms with Gasteiger partial charge in [0.2, 0.25) is 0 Å². The van der Waals surface area contributed by atoms with Crippen molar-refractivity contribution >= 4 is 0 Å². The molecule has 0 aliphatic carbocycles. The lowest BCUT2D eigenvalue weighted by atomic mass is 10.00. The van der Waals surface area contributed by atoms with Crippen LogP contribution in [-0.2, 0) is 4.74 Å². The van der Waals surface area contributed by atoms with Crippen molar-refractivity contribution in [1.29, 1.82) is 0 Å². The van der Waals surface area contributed by atoms with Crippen LogP contribution in [0.1, 0.15) is 0 Å².